The molecule has 0 aliphatic rings. The molecule has 9 heteroatoms. The number of nitrogens with zero attached hydrogens (tertiary/aromatic N) is 5. The van der Waals surface area contributed by atoms with Crippen LogP contribution in [0.2, 0.25) is 0 Å². The molecule has 0 bridgehead atoms. The number of H-pyrrole nitrogens is 1. The zero-order chi connectivity index (χ0) is 17.3. The van der Waals surface area contributed by atoms with Crippen LogP contribution >= 0.6 is 12.2 Å². The first-order valence-corrected chi connectivity index (χ1v) is 7.78. The van der Waals surface area contributed by atoms with Crippen LogP contribution in [0.5, 0.6) is 0 Å². The summed E-state index contributed by atoms with van der Waals surface area (Å²) in [5, 5.41) is 21.7. The summed E-state index contributed by atoms with van der Waals surface area (Å²) in [5.41, 5.74) is 3.21. The Hall–Kier alpha value is -2.81. The molecule has 0 saturated carbocycles. The van der Waals surface area contributed by atoms with E-state index >= 15 is 0 Å². The Balaban J connectivity index is 1.88. The second-order valence-corrected chi connectivity index (χ2v) is 5.90. The number of aryl methyl sites for hydroxylation is 4. The highest BCUT2D eigenvalue weighted by Crippen LogP contribution is 2.18. The zero-order valence-corrected chi connectivity index (χ0v) is 14.1. The molecule has 0 amide bonds. The number of aromatic nitrogens is 5. The second-order valence-electron chi connectivity index (χ2n) is 5.51. The molecule has 2 aromatic heterocycles. The van der Waals surface area contributed by atoms with Crippen LogP contribution in [0.1, 0.15) is 17.0 Å². The summed E-state index contributed by atoms with van der Waals surface area (Å²) < 4.78 is 3.95. The van der Waals surface area contributed by atoms with Gasteiger partial charge < -0.3 is 10.1 Å². The van der Waals surface area contributed by atoms with Crippen LogP contribution in [0.25, 0.3) is 5.69 Å². The monoisotopic (exact) mass is 344 g/mol. The van der Waals surface area contributed by atoms with Gasteiger partial charge in [-0.25, -0.2) is 0 Å². The Morgan fingerprint density at radius 2 is 2.12 bits per heavy atom. The molecule has 0 spiro atoms. The number of hydrogen-bond acceptors (Lipinski definition) is 5. The Morgan fingerprint density at radius 1 is 1.33 bits per heavy atom. The third kappa shape index (κ3) is 3.11. The van der Waals surface area contributed by atoms with Crippen molar-refractivity contribution in [2.24, 2.45) is 0 Å². The molecule has 24 heavy (non-hydrogen) atoms. The van der Waals surface area contributed by atoms with Crippen molar-refractivity contribution in [1.82, 2.24) is 24.5 Å². The zero-order valence-electron chi connectivity index (χ0n) is 13.3. The van der Waals surface area contributed by atoms with E-state index in [1.165, 1.54) is 10.7 Å². The lowest BCUT2D eigenvalue weighted by molar-refractivity contribution is -0.389. The minimum atomic E-state index is -0.511. The van der Waals surface area contributed by atoms with Gasteiger partial charge in [0.15, 0.2) is 4.77 Å². The molecule has 1 N–H and O–H groups in total. The summed E-state index contributed by atoms with van der Waals surface area (Å²) in [6, 6.07) is 7.52. The number of nitrogens with one attached hydrogen (secondary N) is 1. The number of rotatable bonds is 5. The first-order valence-electron chi connectivity index (χ1n) is 7.37. The highest BCUT2D eigenvalue weighted by Gasteiger charge is 2.14. The predicted octanol–water partition coefficient (Wildman–Crippen LogP) is 2.89. The van der Waals surface area contributed by atoms with Crippen LogP contribution in [0, 0.1) is 28.7 Å². The molecule has 0 atom stereocenters. The number of nitro groups is 1. The molecule has 0 saturated heterocycles. The Labute approximate surface area is 142 Å². The van der Waals surface area contributed by atoms with Gasteiger partial charge in [0.25, 0.3) is 0 Å². The third-order valence-electron chi connectivity index (χ3n) is 3.73. The van der Waals surface area contributed by atoms with E-state index in [4.69, 9.17) is 12.2 Å². The maximum absolute atomic E-state index is 10.7. The van der Waals surface area contributed by atoms with Crippen LogP contribution in [0.3, 0.4) is 0 Å². The van der Waals surface area contributed by atoms with Crippen molar-refractivity contribution >= 4 is 18.0 Å². The number of benzene rings is 1. The molecule has 0 aliphatic carbocycles. The van der Waals surface area contributed by atoms with E-state index in [0.717, 1.165) is 22.6 Å². The largest absolute Gasteiger partial charge is 0.389 e. The SMILES string of the molecule is Cc1ccc(C)c(-n2c(CCn3ccc([N+](=O)[O-])n3)n[nH]c2=S)c1. The van der Waals surface area contributed by atoms with E-state index in [1.807, 2.05) is 30.5 Å². The van der Waals surface area contributed by atoms with Gasteiger partial charge in [-0.05, 0) is 48.2 Å². The molecule has 0 unspecified atom stereocenters. The van der Waals surface area contributed by atoms with Gasteiger partial charge in [-0.2, -0.15) is 9.78 Å². The predicted molar refractivity (Wildman–Crippen MR) is 90.8 cm³/mol. The average molecular weight is 344 g/mol. The minimum Gasteiger partial charge on any atom is -0.358 e. The molecule has 0 radical (unpaired) electrons. The van der Waals surface area contributed by atoms with Gasteiger partial charge in [-0.15, -0.1) is 0 Å². The minimum absolute atomic E-state index is 0.164. The van der Waals surface area contributed by atoms with Gasteiger partial charge in [-0.3, -0.25) is 9.67 Å². The van der Waals surface area contributed by atoms with Crippen LogP contribution < -0.4 is 0 Å². The highest BCUT2D eigenvalue weighted by atomic mass is 32.1. The van der Waals surface area contributed by atoms with Crippen molar-refractivity contribution in [2.75, 3.05) is 0 Å². The highest BCUT2D eigenvalue weighted by molar-refractivity contribution is 7.71. The van der Waals surface area contributed by atoms with Gasteiger partial charge in [0.1, 0.15) is 5.82 Å². The summed E-state index contributed by atoms with van der Waals surface area (Å²) in [5.74, 6) is 0.593. The van der Waals surface area contributed by atoms with Crippen molar-refractivity contribution < 1.29 is 4.92 Å². The van der Waals surface area contributed by atoms with Crippen molar-refractivity contribution in [2.45, 2.75) is 26.8 Å². The Morgan fingerprint density at radius 3 is 2.83 bits per heavy atom. The van der Waals surface area contributed by atoms with E-state index < -0.39 is 4.92 Å². The normalized spacial score (nSPS) is 10.9. The number of aromatic amines is 1. The standard InChI is InChI=1S/C15H16N6O2S/c1-10-3-4-11(2)12(9-10)20-13(16-17-15(20)24)5-7-19-8-6-14(18-19)21(22)23/h3-4,6,8-9H,5,7H2,1-2H3,(H,17,24). The lowest BCUT2D eigenvalue weighted by Gasteiger charge is -2.10. The quantitative estimate of drug-likeness (QED) is 0.436. The van der Waals surface area contributed by atoms with Gasteiger partial charge in [0, 0.05) is 6.42 Å². The molecule has 124 valence electrons. The van der Waals surface area contributed by atoms with Gasteiger partial charge in [0.05, 0.1) is 29.6 Å². The van der Waals surface area contributed by atoms with E-state index in [-0.39, 0.29) is 5.82 Å². The van der Waals surface area contributed by atoms with Crippen LogP contribution in [0.4, 0.5) is 5.82 Å². The van der Waals surface area contributed by atoms with E-state index in [1.54, 1.807) is 6.20 Å². The Bertz CT molecular complexity index is 955. The molecule has 1 aromatic carbocycles. The fourth-order valence-corrected chi connectivity index (χ4v) is 2.74. The van der Waals surface area contributed by atoms with Gasteiger partial charge >= 0.3 is 5.82 Å². The summed E-state index contributed by atoms with van der Waals surface area (Å²) in [7, 11) is 0. The maximum atomic E-state index is 10.7. The second kappa shape index (κ2) is 6.36. The molecule has 8 nitrogen and oxygen atoms in total. The average Bonchev–Trinajstić information content (AvgIpc) is 3.15. The topological polar surface area (TPSA) is 94.6 Å². The van der Waals surface area contributed by atoms with E-state index in [2.05, 4.69) is 21.4 Å². The summed E-state index contributed by atoms with van der Waals surface area (Å²) in [6.07, 6.45) is 2.13. The maximum Gasteiger partial charge on any atom is 0.389 e. The fraction of sp³-hybridized carbons (Fsp3) is 0.267. The smallest absolute Gasteiger partial charge is 0.358 e. The molecule has 0 aliphatic heterocycles. The molecule has 3 rings (SSSR count). The lowest BCUT2D eigenvalue weighted by Crippen LogP contribution is -2.09. The fourth-order valence-electron chi connectivity index (χ4n) is 2.49. The number of hydrogen-bond donors (Lipinski definition) is 1. The lowest BCUT2D eigenvalue weighted by atomic mass is 10.1. The van der Waals surface area contributed by atoms with E-state index in [0.29, 0.717) is 17.7 Å². The van der Waals surface area contributed by atoms with Crippen LogP contribution in [-0.4, -0.2) is 29.5 Å². The molecular weight excluding hydrogens is 328 g/mol. The summed E-state index contributed by atoms with van der Waals surface area (Å²) in [6.45, 7) is 4.51. The van der Waals surface area contributed by atoms with E-state index in [9.17, 15) is 10.1 Å². The molecular formula is C15H16N6O2S. The molecule has 2 heterocycles. The van der Waals surface area contributed by atoms with Gasteiger partial charge in [0.2, 0.25) is 0 Å². The molecule has 3 aromatic rings. The summed E-state index contributed by atoms with van der Waals surface area (Å²) >= 11 is 5.36. The van der Waals surface area contributed by atoms with Crippen molar-refractivity contribution in [1.29, 1.82) is 0 Å². The first kappa shape index (κ1) is 16.1. The van der Waals surface area contributed by atoms with Crippen LogP contribution in [0.15, 0.2) is 30.5 Å². The van der Waals surface area contributed by atoms with Gasteiger partial charge in [-0.1, -0.05) is 12.1 Å². The van der Waals surface area contributed by atoms with Crippen molar-refractivity contribution in [3.8, 4) is 5.69 Å². The Kier molecular flexibility index (Phi) is 4.26. The van der Waals surface area contributed by atoms with Crippen molar-refractivity contribution in [3.05, 3.63) is 62.3 Å². The van der Waals surface area contributed by atoms with Crippen molar-refractivity contribution in [3.63, 3.8) is 0 Å². The third-order valence-corrected chi connectivity index (χ3v) is 4.00. The molecule has 0 fully saturated rings. The van der Waals surface area contributed by atoms with Crippen LogP contribution in [-0.2, 0) is 13.0 Å². The summed E-state index contributed by atoms with van der Waals surface area (Å²) in [4.78, 5) is 10.2. The first-order chi connectivity index (χ1) is 11.5.